The van der Waals surface area contributed by atoms with Gasteiger partial charge in [0.2, 0.25) is 5.91 Å². The van der Waals surface area contributed by atoms with E-state index in [1.165, 1.54) is 0 Å². The largest absolute Gasteiger partial charge is 0.339 e. The van der Waals surface area contributed by atoms with Gasteiger partial charge in [0.15, 0.2) is 0 Å². The third kappa shape index (κ3) is 2.77. The Bertz CT molecular complexity index is 279. The van der Waals surface area contributed by atoms with Crippen molar-refractivity contribution in [2.45, 2.75) is 30.2 Å². The Balaban J connectivity index is 1.96. The van der Waals surface area contributed by atoms with E-state index in [9.17, 15) is 4.79 Å². The molecule has 2 heterocycles. The van der Waals surface area contributed by atoms with E-state index in [2.05, 4.69) is 35.5 Å². The number of rotatable bonds is 3. The predicted octanol–water partition coefficient (Wildman–Crippen LogP) is 0.242. The van der Waals surface area contributed by atoms with E-state index in [0.717, 1.165) is 32.5 Å². The second kappa shape index (κ2) is 5.59. The molecule has 0 bridgehead atoms. The third-order valence-electron chi connectivity index (χ3n) is 3.87. The van der Waals surface area contributed by atoms with Crippen molar-refractivity contribution in [2.24, 2.45) is 0 Å². The van der Waals surface area contributed by atoms with Gasteiger partial charge in [-0.05, 0) is 39.7 Å². The van der Waals surface area contributed by atoms with E-state index in [0.29, 0.717) is 17.2 Å². The van der Waals surface area contributed by atoms with Crippen LogP contribution in [0.3, 0.4) is 0 Å². The molecule has 0 saturated carbocycles. The standard InChI is InChI=1S/C12H23N3OS/c1-14(2)10-7-15(8-11(10)17-3)12(16)9-5-4-6-13-9/h9-11,13H,4-8H2,1-3H3. The summed E-state index contributed by atoms with van der Waals surface area (Å²) in [5, 5.41) is 3.85. The number of likely N-dealkylation sites (tertiary alicyclic amines) is 1. The normalized spacial score (nSPS) is 33.6. The molecular weight excluding hydrogens is 234 g/mol. The molecule has 1 N–H and O–H groups in total. The number of carbonyl (C=O) groups excluding carboxylic acids is 1. The van der Waals surface area contributed by atoms with Crippen LogP contribution in [0, 0.1) is 0 Å². The molecule has 17 heavy (non-hydrogen) atoms. The van der Waals surface area contributed by atoms with Gasteiger partial charge in [-0.1, -0.05) is 0 Å². The lowest BCUT2D eigenvalue weighted by Crippen LogP contribution is -2.43. The summed E-state index contributed by atoms with van der Waals surface area (Å²) in [6, 6.07) is 0.578. The molecule has 3 atom stereocenters. The third-order valence-corrected chi connectivity index (χ3v) is 4.94. The van der Waals surface area contributed by atoms with Crippen LogP contribution in [0.1, 0.15) is 12.8 Å². The van der Waals surface area contributed by atoms with Crippen molar-refractivity contribution < 1.29 is 4.79 Å². The van der Waals surface area contributed by atoms with E-state index in [-0.39, 0.29) is 6.04 Å². The summed E-state index contributed by atoms with van der Waals surface area (Å²) < 4.78 is 0. The lowest BCUT2D eigenvalue weighted by Gasteiger charge is -2.23. The molecule has 2 fully saturated rings. The van der Waals surface area contributed by atoms with Gasteiger partial charge in [0.1, 0.15) is 0 Å². The topological polar surface area (TPSA) is 35.6 Å². The van der Waals surface area contributed by atoms with E-state index in [4.69, 9.17) is 0 Å². The molecule has 0 radical (unpaired) electrons. The van der Waals surface area contributed by atoms with Crippen LogP contribution in [-0.2, 0) is 4.79 Å². The van der Waals surface area contributed by atoms with Crippen molar-refractivity contribution in [3.05, 3.63) is 0 Å². The number of nitrogens with one attached hydrogen (secondary N) is 1. The summed E-state index contributed by atoms with van der Waals surface area (Å²) in [5.74, 6) is 0.311. The van der Waals surface area contributed by atoms with Gasteiger partial charge < -0.3 is 15.1 Å². The lowest BCUT2D eigenvalue weighted by molar-refractivity contribution is -0.132. The zero-order valence-corrected chi connectivity index (χ0v) is 11.8. The Morgan fingerprint density at radius 1 is 1.41 bits per heavy atom. The van der Waals surface area contributed by atoms with Crippen molar-refractivity contribution in [3.8, 4) is 0 Å². The zero-order valence-electron chi connectivity index (χ0n) is 11.0. The predicted molar refractivity (Wildman–Crippen MR) is 72.4 cm³/mol. The van der Waals surface area contributed by atoms with Crippen LogP contribution in [0.15, 0.2) is 0 Å². The summed E-state index contributed by atoms with van der Waals surface area (Å²) in [4.78, 5) is 16.6. The second-order valence-electron chi connectivity index (χ2n) is 5.20. The minimum absolute atomic E-state index is 0.0819. The Kier molecular flexibility index (Phi) is 4.33. The van der Waals surface area contributed by atoms with E-state index in [1.807, 2.05) is 11.8 Å². The van der Waals surface area contributed by atoms with Crippen molar-refractivity contribution in [1.82, 2.24) is 15.1 Å². The quantitative estimate of drug-likeness (QED) is 0.786. The maximum atomic E-state index is 12.3. The molecular formula is C12H23N3OS. The fourth-order valence-corrected chi connectivity index (χ4v) is 3.75. The Morgan fingerprint density at radius 2 is 2.18 bits per heavy atom. The molecule has 0 aromatic rings. The van der Waals surface area contributed by atoms with Crippen molar-refractivity contribution in [1.29, 1.82) is 0 Å². The van der Waals surface area contributed by atoms with Crippen LogP contribution < -0.4 is 5.32 Å². The van der Waals surface area contributed by atoms with Gasteiger partial charge in [0, 0.05) is 24.4 Å². The molecule has 98 valence electrons. The molecule has 2 aliphatic rings. The number of hydrogen-bond donors (Lipinski definition) is 1. The fraction of sp³-hybridized carbons (Fsp3) is 0.917. The van der Waals surface area contributed by atoms with Gasteiger partial charge >= 0.3 is 0 Å². The van der Waals surface area contributed by atoms with Gasteiger partial charge in [-0.25, -0.2) is 0 Å². The SMILES string of the molecule is CSC1CN(C(=O)C2CCCN2)CC1N(C)C. The summed E-state index contributed by atoms with van der Waals surface area (Å²) in [6.07, 6.45) is 4.28. The van der Waals surface area contributed by atoms with Crippen LogP contribution in [-0.4, -0.2) is 73.0 Å². The first-order valence-electron chi connectivity index (χ1n) is 6.35. The van der Waals surface area contributed by atoms with Crippen LogP contribution in [0.2, 0.25) is 0 Å². The first-order chi connectivity index (χ1) is 8.13. The van der Waals surface area contributed by atoms with Crippen LogP contribution in [0.5, 0.6) is 0 Å². The van der Waals surface area contributed by atoms with Crippen molar-refractivity contribution in [2.75, 3.05) is 40.0 Å². The number of nitrogens with zero attached hydrogens (tertiary/aromatic N) is 2. The minimum Gasteiger partial charge on any atom is -0.339 e. The molecule has 0 spiro atoms. The van der Waals surface area contributed by atoms with Crippen LogP contribution in [0.4, 0.5) is 0 Å². The Labute approximate surface area is 108 Å². The molecule has 3 unspecified atom stereocenters. The van der Waals surface area contributed by atoms with E-state index >= 15 is 0 Å². The highest BCUT2D eigenvalue weighted by molar-refractivity contribution is 7.99. The number of thioether (sulfide) groups is 1. The highest BCUT2D eigenvalue weighted by Gasteiger charge is 2.38. The summed E-state index contributed by atoms with van der Waals surface area (Å²) in [7, 11) is 4.21. The summed E-state index contributed by atoms with van der Waals surface area (Å²) in [5.41, 5.74) is 0. The molecule has 0 aromatic carbocycles. The fourth-order valence-electron chi connectivity index (χ4n) is 2.78. The molecule has 2 saturated heterocycles. The van der Waals surface area contributed by atoms with E-state index in [1.54, 1.807) is 0 Å². The first kappa shape index (κ1) is 13.2. The monoisotopic (exact) mass is 257 g/mol. The van der Waals surface area contributed by atoms with Crippen molar-refractivity contribution >= 4 is 17.7 Å². The Morgan fingerprint density at radius 3 is 2.65 bits per heavy atom. The molecule has 0 aliphatic carbocycles. The average molecular weight is 257 g/mol. The summed E-state index contributed by atoms with van der Waals surface area (Å²) >= 11 is 1.88. The van der Waals surface area contributed by atoms with Crippen LogP contribution >= 0.6 is 11.8 Å². The van der Waals surface area contributed by atoms with Gasteiger partial charge in [-0.3, -0.25) is 4.79 Å². The highest BCUT2D eigenvalue weighted by atomic mass is 32.2. The minimum atomic E-state index is 0.0819. The molecule has 5 heteroatoms. The number of carbonyl (C=O) groups is 1. The van der Waals surface area contributed by atoms with Gasteiger partial charge in [0.05, 0.1) is 6.04 Å². The smallest absolute Gasteiger partial charge is 0.239 e. The van der Waals surface area contributed by atoms with E-state index < -0.39 is 0 Å². The van der Waals surface area contributed by atoms with Crippen LogP contribution in [0.25, 0.3) is 0 Å². The lowest BCUT2D eigenvalue weighted by atomic mass is 10.2. The summed E-state index contributed by atoms with van der Waals surface area (Å²) in [6.45, 7) is 2.78. The van der Waals surface area contributed by atoms with Gasteiger partial charge in [-0.15, -0.1) is 0 Å². The number of likely N-dealkylation sites (N-methyl/N-ethyl adjacent to an activating group) is 1. The molecule has 1 amide bonds. The average Bonchev–Trinajstić information content (AvgIpc) is 2.97. The molecule has 2 rings (SSSR count). The molecule has 0 aromatic heterocycles. The zero-order chi connectivity index (χ0) is 12.4. The maximum Gasteiger partial charge on any atom is 0.239 e. The maximum absolute atomic E-state index is 12.3. The highest BCUT2D eigenvalue weighted by Crippen LogP contribution is 2.25. The Hall–Kier alpha value is -0.260. The molecule has 4 nitrogen and oxygen atoms in total. The van der Waals surface area contributed by atoms with Gasteiger partial charge in [0.25, 0.3) is 0 Å². The number of amides is 1. The number of hydrogen-bond acceptors (Lipinski definition) is 4. The first-order valence-corrected chi connectivity index (χ1v) is 7.63. The second-order valence-corrected chi connectivity index (χ2v) is 6.27. The van der Waals surface area contributed by atoms with Crippen molar-refractivity contribution in [3.63, 3.8) is 0 Å². The van der Waals surface area contributed by atoms with Gasteiger partial charge in [-0.2, -0.15) is 11.8 Å². The molecule has 2 aliphatic heterocycles.